The number of nitrogen functional groups attached to an aromatic ring is 1. The Balaban J connectivity index is 1.73. The van der Waals surface area contributed by atoms with Gasteiger partial charge in [-0.2, -0.15) is 0 Å². The van der Waals surface area contributed by atoms with Gasteiger partial charge in [0.05, 0.1) is 11.4 Å². The van der Waals surface area contributed by atoms with Gasteiger partial charge in [-0.3, -0.25) is 9.59 Å². The van der Waals surface area contributed by atoms with Gasteiger partial charge in [0.15, 0.2) is 0 Å². The van der Waals surface area contributed by atoms with E-state index in [1.165, 1.54) is 0 Å². The molecule has 1 amide bonds. The number of carboxylic acids is 1. The largest absolute Gasteiger partial charge is 0.481 e. The van der Waals surface area contributed by atoms with Crippen molar-refractivity contribution in [2.75, 3.05) is 11.1 Å². The molecular weight excluding hydrogens is 348 g/mol. The lowest BCUT2D eigenvalue weighted by Crippen LogP contribution is -2.13. The van der Waals surface area contributed by atoms with Gasteiger partial charge in [-0.1, -0.05) is 24.3 Å². The number of nitrogens with two attached hydrogens (primary N) is 1. The van der Waals surface area contributed by atoms with Crippen molar-refractivity contribution < 1.29 is 14.7 Å². The average molecular weight is 366 g/mol. The maximum absolute atomic E-state index is 12.5. The SMILES string of the molecule is Nc1ccc(-c2cccs2)cc1NC(=O)c1ccc(CCC(=O)O)cc1. The molecule has 3 aromatic rings. The zero-order valence-corrected chi connectivity index (χ0v) is 14.8. The number of aryl methyl sites for hydroxylation is 1. The van der Waals surface area contributed by atoms with Crippen molar-refractivity contribution in [2.45, 2.75) is 12.8 Å². The van der Waals surface area contributed by atoms with Gasteiger partial charge in [-0.15, -0.1) is 11.3 Å². The van der Waals surface area contributed by atoms with Crippen molar-refractivity contribution in [1.82, 2.24) is 0 Å². The molecule has 2 aromatic carbocycles. The Morgan fingerprint density at radius 2 is 1.85 bits per heavy atom. The zero-order chi connectivity index (χ0) is 18.5. The third kappa shape index (κ3) is 4.29. The van der Waals surface area contributed by atoms with Gasteiger partial charge in [-0.25, -0.2) is 0 Å². The summed E-state index contributed by atoms with van der Waals surface area (Å²) < 4.78 is 0. The molecule has 5 nitrogen and oxygen atoms in total. The van der Waals surface area contributed by atoms with Crippen LogP contribution in [-0.2, 0) is 11.2 Å². The van der Waals surface area contributed by atoms with Crippen molar-refractivity contribution in [3.63, 3.8) is 0 Å². The van der Waals surface area contributed by atoms with E-state index in [1.54, 1.807) is 41.7 Å². The predicted molar refractivity (Wildman–Crippen MR) is 105 cm³/mol. The molecule has 0 saturated heterocycles. The molecule has 6 heteroatoms. The first-order valence-corrected chi connectivity index (χ1v) is 8.96. The minimum atomic E-state index is -0.840. The Bertz CT molecular complexity index is 919. The molecule has 1 aromatic heterocycles. The lowest BCUT2D eigenvalue weighted by atomic mass is 10.1. The summed E-state index contributed by atoms with van der Waals surface area (Å²) in [4.78, 5) is 24.2. The number of anilines is 2. The van der Waals surface area contributed by atoms with Crippen LogP contribution in [0.15, 0.2) is 60.0 Å². The Morgan fingerprint density at radius 1 is 1.08 bits per heavy atom. The fourth-order valence-electron chi connectivity index (χ4n) is 2.53. The van der Waals surface area contributed by atoms with Crippen LogP contribution in [0.4, 0.5) is 11.4 Å². The van der Waals surface area contributed by atoms with E-state index in [2.05, 4.69) is 5.32 Å². The van der Waals surface area contributed by atoms with Crippen LogP contribution < -0.4 is 11.1 Å². The van der Waals surface area contributed by atoms with Crippen molar-refractivity contribution >= 4 is 34.6 Å². The molecule has 4 N–H and O–H groups in total. The molecule has 0 atom stereocenters. The number of benzene rings is 2. The highest BCUT2D eigenvalue weighted by Gasteiger charge is 2.10. The first-order valence-electron chi connectivity index (χ1n) is 8.08. The molecule has 0 fully saturated rings. The van der Waals surface area contributed by atoms with E-state index in [4.69, 9.17) is 10.8 Å². The maximum Gasteiger partial charge on any atom is 0.303 e. The van der Waals surface area contributed by atoms with Crippen LogP contribution in [0.3, 0.4) is 0 Å². The summed E-state index contributed by atoms with van der Waals surface area (Å²) in [5.41, 5.74) is 9.42. The average Bonchev–Trinajstić information content (AvgIpc) is 3.17. The van der Waals surface area contributed by atoms with Crippen LogP contribution in [0.5, 0.6) is 0 Å². The van der Waals surface area contributed by atoms with E-state index in [9.17, 15) is 9.59 Å². The normalized spacial score (nSPS) is 10.5. The van der Waals surface area contributed by atoms with E-state index >= 15 is 0 Å². The Hall–Kier alpha value is -3.12. The van der Waals surface area contributed by atoms with Crippen molar-refractivity contribution in [3.05, 3.63) is 71.1 Å². The first kappa shape index (κ1) is 17.7. The molecule has 0 saturated carbocycles. The van der Waals surface area contributed by atoms with Crippen LogP contribution in [0.25, 0.3) is 10.4 Å². The van der Waals surface area contributed by atoms with Gasteiger partial charge in [-0.05, 0) is 53.3 Å². The van der Waals surface area contributed by atoms with E-state index in [1.807, 2.05) is 29.6 Å². The quantitative estimate of drug-likeness (QED) is 0.568. The molecule has 1 heterocycles. The van der Waals surface area contributed by atoms with Gasteiger partial charge < -0.3 is 16.2 Å². The lowest BCUT2D eigenvalue weighted by Gasteiger charge is -2.10. The number of hydrogen-bond acceptors (Lipinski definition) is 4. The summed E-state index contributed by atoms with van der Waals surface area (Å²) in [6.45, 7) is 0. The lowest BCUT2D eigenvalue weighted by molar-refractivity contribution is -0.136. The first-order chi connectivity index (χ1) is 12.5. The molecule has 0 bridgehead atoms. The van der Waals surface area contributed by atoms with Gasteiger partial charge in [0.2, 0.25) is 0 Å². The second-order valence-corrected chi connectivity index (χ2v) is 6.77. The number of aliphatic carboxylic acids is 1. The highest BCUT2D eigenvalue weighted by Crippen LogP contribution is 2.30. The van der Waals surface area contributed by atoms with Crippen LogP contribution in [-0.4, -0.2) is 17.0 Å². The fourth-order valence-corrected chi connectivity index (χ4v) is 3.25. The van der Waals surface area contributed by atoms with Crippen molar-refractivity contribution in [2.24, 2.45) is 0 Å². The second kappa shape index (κ2) is 7.84. The van der Waals surface area contributed by atoms with Crippen LogP contribution >= 0.6 is 11.3 Å². The molecule has 0 radical (unpaired) electrons. The number of rotatable bonds is 6. The standard InChI is InChI=1S/C20H18N2O3S/c21-16-9-8-15(18-2-1-11-26-18)12-17(16)22-20(25)14-6-3-13(4-7-14)5-10-19(23)24/h1-4,6-9,11-12H,5,10,21H2,(H,22,25)(H,23,24). The summed E-state index contributed by atoms with van der Waals surface area (Å²) in [5, 5.41) is 13.6. The number of carbonyl (C=O) groups excluding carboxylic acids is 1. The van der Waals surface area contributed by atoms with Gasteiger partial charge in [0.25, 0.3) is 5.91 Å². The summed E-state index contributed by atoms with van der Waals surface area (Å²) in [6.07, 6.45) is 0.505. The second-order valence-electron chi connectivity index (χ2n) is 5.82. The summed E-state index contributed by atoms with van der Waals surface area (Å²) in [6, 6.07) is 16.5. The molecule has 0 unspecified atom stereocenters. The number of amides is 1. The summed E-state index contributed by atoms with van der Waals surface area (Å²) in [7, 11) is 0. The van der Waals surface area contributed by atoms with Crippen LogP contribution in [0.2, 0.25) is 0 Å². The fraction of sp³-hybridized carbons (Fsp3) is 0.100. The van der Waals surface area contributed by atoms with Gasteiger partial charge in [0, 0.05) is 16.9 Å². The minimum Gasteiger partial charge on any atom is -0.481 e. The molecule has 0 aliphatic carbocycles. The predicted octanol–water partition coefficient (Wildman–Crippen LogP) is 4.27. The van der Waals surface area contributed by atoms with Crippen molar-refractivity contribution in [1.29, 1.82) is 0 Å². The van der Waals surface area contributed by atoms with Gasteiger partial charge >= 0.3 is 5.97 Å². The van der Waals surface area contributed by atoms with E-state index in [-0.39, 0.29) is 12.3 Å². The van der Waals surface area contributed by atoms with E-state index in [0.717, 1.165) is 16.0 Å². The Morgan fingerprint density at radius 3 is 2.50 bits per heavy atom. The summed E-state index contributed by atoms with van der Waals surface area (Å²) in [5.74, 6) is -1.10. The van der Waals surface area contributed by atoms with Crippen molar-refractivity contribution in [3.8, 4) is 10.4 Å². The minimum absolute atomic E-state index is 0.0671. The Kier molecular flexibility index (Phi) is 5.34. The van der Waals surface area contributed by atoms with Crippen LogP contribution in [0, 0.1) is 0 Å². The molecular formula is C20H18N2O3S. The molecule has 3 rings (SSSR count). The molecule has 0 aliphatic heterocycles. The number of carbonyl (C=O) groups is 2. The third-order valence-electron chi connectivity index (χ3n) is 3.95. The number of hydrogen-bond donors (Lipinski definition) is 3. The Labute approximate surface area is 155 Å². The highest BCUT2D eigenvalue weighted by molar-refractivity contribution is 7.13. The monoisotopic (exact) mass is 366 g/mol. The molecule has 0 aliphatic rings. The smallest absolute Gasteiger partial charge is 0.303 e. The van der Waals surface area contributed by atoms with Gasteiger partial charge in [0.1, 0.15) is 0 Å². The molecule has 0 spiro atoms. The molecule has 26 heavy (non-hydrogen) atoms. The summed E-state index contributed by atoms with van der Waals surface area (Å²) >= 11 is 1.62. The number of nitrogens with one attached hydrogen (secondary N) is 1. The third-order valence-corrected chi connectivity index (χ3v) is 4.87. The molecule has 132 valence electrons. The topological polar surface area (TPSA) is 92.4 Å². The maximum atomic E-state index is 12.5. The van der Waals surface area contributed by atoms with E-state index in [0.29, 0.717) is 23.4 Å². The zero-order valence-electron chi connectivity index (χ0n) is 13.9. The van der Waals surface area contributed by atoms with Crippen LogP contribution in [0.1, 0.15) is 22.3 Å². The number of carboxylic acid groups (broad SMARTS) is 1. The highest BCUT2D eigenvalue weighted by atomic mass is 32.1. The van der Waals surface area contributed by atoms with E-state index < -0.39 is 5.97 Å². The number of thiophene rings is 1.